The molecule has 0 saturated heterocycles. The van der Waals surface area contributed by atoms with Crippen LogP contribution >= 0.6 is 0 Å². The van der Waals surface area contributed by atoms with Crippen molar-refractivity contribution in [2.24, 2.45) is 5.92 Å². The number of hydrogen-bond acceptors (Lipinski definition) is 3. The summed E-state index contributed by atoms with van der Waals surface area (Å²) in [4.78, 5) is 10.5. The molecule has 0 aliphatic heterocycles. The largest absolute Gasteiger partial charge is 0.462 e. The summed E-state index contributed by atoms with van der Waals surface area (Å²) in [5, 5.41) is 0. The SMILES string of the molecule is CC(=O)OC/C=C/[C@@H](C)COCc1ccccc1. The Morgan fingerprint density at radius 3 is 2.72 bits per heavy atom. The van der Waals surface area contributed by atoms with E-state index in [0.29, 0.717) is 25.7 Å². The molecule has 0 unspecified atom stereocenters. The van der Waals surface area contributed by atoms with Crippen molar-refractivity contribution in [1.29, 1.82) is 0 Å². The van der Waals surface area contributed by atoms with Gasteiger partial charge in [-0.3, -0.25) is 4.79 Å². The quantitative estimate of drug-likeness (QED) is 0.549. The highest BCUT2D eigenvalue weighted by Gasteiger charge is 1.98. The molecule has 0 saturated carbocycles. The molecule has 0 fully saturated rings. The smallest absolute Gasteiger partial charge is 0.302 e. The van der Waals surface area contributed by atoms with Crippen LogP contribution in [-0.4, -0.2) is 19.2 Å². The number of carbonyl (C=O) groups is 1. The number of esters is 1. The van der Waals surface area contributed by atoms with E-state index in [0.717, 1.165) is 0 Å². The number of benzene rings is 1. The van der Waals surface area contributed by atoms with E-state index in [1.807, 2.05) is 42.5 Å². The van der Waals surface area contributed by atoms with Gasteiger partial charge in [-0.05, 0) is 11.5 Å². The average Bonchev–Trinajstić information content (AvgIpc) is 2.36. The molecule has 0 N–H and O–H groups in total. The Bertz CT molecular complexity index is 371. The van der Waals surface area contributed by atoms with Gasteiger partial charge < -0.3 is 9.47 Å². The van der Waals surface area contributed by atoms with E-state index in [9.17, 15) is 4.79 Å². The predicted molar refractivity (Wildman–Crippen MR) is 71.0 cm³/mol. The van der Waals surface area contributed by atoms with Gasteiger partial charge in [-0.2, -0.15) is 0 Å². The van der Waals surface area contributed by atoms with Crippen LogP contribution in [0.4, 0.5) is 0 Å². The highest BCUT2D eigenvalue weighted by Crippen LogP contribution is 2.04. The van der Waals surface area contributed by atoms with Crippen molar-refractivity contribution in [3.05, 3.63) is 48.0 Å². The fourth-order valence-electron chi connectivity index (χ4n) is 1.45. The maximum absolute atomic E-state index is 10.5. The van der Waals surface area contributed by atoms with Crippen LogP contribution in [0.25, 0.3) is 0 Å². The first-order valence-corrected chi connectivity index (χ1v) is 6.10. The minimum absolute atomic E-state index is 0.257. The molecule has 98 valence electrons. The fraction of sp³-hybridized carbons (Fsp3) is 0.400. The third kappa shape index (κ3) is 6.86. The first kappa shape index (κ1) is 14.5. The van der Waals surface area contributed by atoms with Gasteiger partial charge in [0.2, 0.25) is 0 Å². The minimum Gasteiger partial charge on any atom is -0.462 e. The molecule has 1 rings (SSSR count). The van der Waals surface area contributed by atoms with E-state index in [2.05, 4.69) is 6.92 Å². The van der Waals surface area contributed by atoms with Gasteiger partial charge in [0, 0.05) is 6.92 Å². The third-order valence-electron chi connectivity index (χ3n) is 2.34. The van der Waals surface area contributed by atoms with Crippen molar-refractivity contribution in [2.45, 2.75) is 20.5 Å². The Balaban J connectivity index is 2.13. The van der Waals surface area contributed by atoms with Crippen molar-refractivity contribution in [3.8, 4) is 0 Å². The van der Waals surface area contributed by atoms with E-state index in [-0.39, 0.29) is 5.97 Å². The molecule has 1 aromatic carbocycles. The zero-order valence-corrected chi connectivity index (χ0v) is 11.0. The van der Waals surface area contributed by atoms with Gasteiger partial charge >= 0.3 is 5.97 Å². The highest BCUT2D eigenvalue weighted by molar-refractivity contribution is 5.65. The van der Waals surface area contributed by atoms with Gasteiger partial charge in [-0.25, -0.2) is 0 Å². The molecule has 18 heavy (non-hydrogen) atoms. The van der Waals surface area contributed by atoms with Crippen LogP contribution in [0.1, 0.15) is 19.4 Å². The number of rotatable bonds is 7. The maximum atomic E-state index is 10.5. The standard InChI is InChI=1S/C15H20O3/c1-13(7-6-10-18-14(2)16)11-17-12-15-8-4-3-5-9-15/h3-9,13H,10-12H2,1-2H3/b7-6+/t13-/m1/s1. The highest BCUT2D eigenvalue weighted by atomic mass is 16.5. The Hall–Kier alpha value is -1.61. The van der Waals surface area contributed by atoms with Crippen LogP contribution in [0, 0.1) is 5.92 Å². The minimum atomic E-state index is -0.257. The van der Waals surface area contributed by atoms with Gasteiger partial charge in [0.05, 0.1) is 13.2 Å². The summed E-state index contributed by atoms with van der Waals surface area (Å²) in [7, 11) is 0. The van der Waals surface area contributed by atoms with Gasteiger partial charge in [0.25, 0.3) is 0 Å². The van der Waals surface area contributed by atoms with E-state index in [1.54, 1.807) is 0 Å². The Morgan fingerprint density at radius 2 is 2.06 bits per heavy atom. The fourth-order valence-corrected chi connectivity index (χ4v) is 1.45. The van der Waals surface area contributed by atoms with Crippen molar-refractivity contribution in [1.82, 2.24) is 0 Å². The number of carbonyl (C=O) groups excluding carboxylic acids is 1. The zero-order chi connectivity index (χ0) is 13.2. The molecule has 1 aromatic rings. The van der Waals surface area contributed by atoms with Crippen LogP contribution in [0.2, 0.25) is 0 Å². The summed E-state index contributed by atoms with van der Waals surface area (Å²) in [5.74, 6) is 0.0527. The summed E-state index contributed by atoms with van der Waals surface area (Å²) >= 11 is 0. The Labute approximate surface area is 108 Å². The molecule has 3 nitrogen and oxygen atoms in total. The lowest BCUT2D eigenvalue weighted by Gasteiger charge is -2.08. The van der Waals surface area contributed by atoms with E-state index < -0.39 is 0 Å². The molecular formula is C15H20O3. The van der Waals surface area contributed by atoms with E-state index in [4.69, 9.17) is 9.47 Å². The molecule has 0 heterocycles. The van der Waals surface area contributed by atoms with Gasteiger partial charge in [-0.15, -0.1) is 0 Å². The second kappa shape index (κ2) is 8.48. The van der Waals surface area contributed by atoms with Crippen LogP contribution in [0.3, 0.4) is 0 Å². The first-order valence-electron chi connectivity index (χ1n) is 6.10. The Morgan fingerprint density at radius 1 is 1.33 bits per heavy atom. The normalized spacial score (nSPS) is 12.6. The summed E-state index contributed by atoms with van der Waals surface area (Å²) in [5.41, 5.74) is 1.17. The summed E-state index contributed by atoms with van der Waals surface area (Å²) in [6, 6.07) is 10.1. The monoisotopic (exact) mass is 248 g/mol. The molecule has 0 aliphatic rings. The van der Waals surface area contributed by atoms with Gasteiger partial charge in [0.15, 0.2) is 0 Å². The molecule has 0 amide bonds. The van der Waals surface area contributed by atoms with Crippen molar-refractivity contribution >= 4 is 5.97 Å². The molecular weight excluding hydrogens is 228 g/mol. The molecule has 0 aliphatic carbocycles. The summed E-state index contributed by atoms with van der Waals surface area (Å²) in [6.07, 6.45) is 3.84. The average molecular weight is 248 g/mol. The first-order chi connectivity index (χ1) is 8.68. The third-order valence-corrected chi connectivity index (χ3v) is 2.34. The van der Waals surface area contributed by atoms with E-state index >= 15 is 0 Å². The molecule has 0 spiro atoms. The van der Waals surface area contributed by atoms with Crippen molar-refractivity contribution in [2.75, 3.05) is 13.2 Å². The summed E-state index contributed by atoms with van der Waals surface area (Å²) in [6.45, 7) is 5.09. The molecule has 3 heteroatoms. The van der Waals surface area contributed by atoms with Crippen molar-refractivity contribution in [3.63, 3.8) is 0 Å². The van der Waals surface area contributed by atoms with Crippen LogP contribution in [0.15, 0.2) is 42.5 Å². The zero-order valence-electron chi connectivity index (χ0n) is 11.0. The molecule has 0 aromatic heterocycles. The summed E-state index contributed by atoms with van der Waals surface area (Å²) < 4.78 is 10.4. The lowest BCUT2D eigenvalue weighted by Crippen LogP contribution is -2.04. The van der Waals surface area contributed by atoms with Crippen LogP contribution in [0.5, 0.6) is 0 Å². The second-order valence-corrected chi connectivity index (χ2v) is 4.21. The predicted octanol–water partition coefficient (Wildman–Crippen LogP) is 2.96. The van der Waals surface area contributed by atoms with Crippen LogP contribution in [-0.2, 0) is 20.9 Å². The maximum Gasteiger partial charge on any atom is 0.302 e. The second-order valence-electron chi connectivity index (χ2n) is 4.21. The Kier molecular flexibility index (Phi) is 6.81. The van der Waals surface area contributed by atoms with Crippen LogP contribution < -0.4 is 0 Å². The van der Waals surface area contributed by atoms with Crippen molar-refractivity contribution < 1.29 is 14.3 Å². The molecule has 1 atom stereocenters. The lowest BCUT2D eigenvalue weighted by molar-refractivity contribution is -0.139. The molecule has 0 radical (unpaired) electrons. The van der Waals surface area contributed by atoms with Gasteiger partial charge in [0.1, 0.15) is 6.61 Å². The topological polar surface area (TPSA) is 35.5 Å². The van der Waals surface area contributed by atoms with E-state index in [1.165, 1.54) is 12.5 Å². The number of ether oxygens (including phenoxy) is 2. The number of hydrogen-bond donors (Lipinski definition) is 0. The van der Waals surface area contributed by atoms with Gasteiger partial charge in [-0.1, -0.05) is 49.4 Å². The lowest BCUT2D eigenvalue weighted by atomic mass is 10.2. The molecule has 0 bridgehead atoms.